The molecule has 2 rings (SSSR count). The van der Waals surface area contributed by atoms with Crippen LogP contribution in [0, 0.1) is 0 Å². The molecule has 2 unspecified atom stereocenters. The minimum absolute atomic E-state index is 0.570. The van der Waals surface area contributed by atoms with Crippen LogP contribution in [0.5, 0.6) is 0 Å². The summed E-state index contributed by atoms with van der Waals surface area (Å²) in [6, 6.07) is 0. The summed E-state index contributed by atoms with van der Waals surface area (Å²) in [5.41, 5.74) is 0. The van der Waals surface area contributed by atoms with Crippen LogP contribution in [0.2, 0.25) is 0 Å². The van der Waals surface area contributed by atoms with Crippen LogP contribution < -0.4 is 0 Å². The number of ether oxygens (including phenoxy) is 2. The van der Waals surface area contributed by atoms with E-state index >= 15 is 0 Å². The molecule has 0 aromatic heterocycles. The van der Waals surface area contributed by atoms with Crippen molar-refractivity contribution < 1.29 is 9.47 Å². The van der Waals surface area contributed by atoms with Gasteiger partial charge in [0.1, 0.15) is 0 Å². The summed E-state index contributed by atoms with van der Waals surface area (Å²) in [6.45, 7) is 1.97. The van der Waals surface area contributed by atoms with Gasteiger partial charge in [-0.05, 0) is 0 Å². The van der Waals surface area contributed by atoms with Gasteiger partial charge in [-0.1, -0.05) is 64.8 Å². The molecule has 0 bridgehead atoms. The van der Waals surface area contributed by atoms with Gasteiger partial charge in [0.25, 0.3) is 0 Å². The third kappa shape index (κ3) is 9.85. The molecule has 0 radical (unpaired) electrons. The van der Waals surface area contributed by atoms with Crippen LogP contribution in [0.25, 0.3) is 0 Å². The second-order valence-electron chi connectivity index (χ2n) is 3.77. The quantitative estimate of drug-likeness (QED) is 0.276. The van der Waals surface area contributed by atoms with Gasteiger partial charge >= 0.3 is 0 Å². The molecule has 2 heterocycles. The molecular weight excluding hydrogens is 345 g/mol. The predicted octanol–water partition coefficient (Wildman–Crippen LogP) is 3.93. The lowest BCUT2D eigenvalue weighted by Crippen LogP contribution is -1.88. The summed E-state index contributed by atoms with van der Waals surface area (Å²) in [4.78, 5) is 0. The van der Waals surface area contributed by atoms with Gasteiger partial charge < -0.3 is 9.47 Å². The molecule has 2 saturated heterocycles. The van der Waals surface area contributed by atoms with Crippen molar-refractivity contribution in [2.24, 2.45) is 0 Å². The Bertz CT molecular complexity index is 191. The highest BCUT2D eigenvalue weighted by atomic mass is 33.1. The number of hydrogen-bond donors (Lipinski definition) is 0. The second-order valence-corrected chi connectivity index (χ2v) is 11.7. The molecule has 2 aliphatic rings. The van der Waals surface area contributed by atoms with E-state index in [2.05, 4.69) is 0 Å². The molecule has 0 aromatic carbocycles. The van der Waals surface area contributed by atoms with E-state index in [9.17, 15) is 0 Å². The first-order chi connectivity index (χ1) is 8.95. The standard InChI is InChI=1S/C10H18O2S6/c1(3-15-17-7-9-5-11-9)13-14-2-4-16-18-8-10-6-12-10/h9-10H,1-8H2. The fourth-order valence-electron chi connectivity index (χ4n) is 0.948. The third-order valence-corrected chi connectivity index (χ3v) is 9.89. The Hall–Kier alpha value is 2.02. The fraction of sp³-hybridized carbons (Fsp3) is 1.00. The normalized spacial score (nSPS) is 25.3. The minimum atomic E-state index is 0.570. The molecule has 2 nitrogen and oxygen atoms in total. The van der Waals surface area contributed by atoms with E-state index in [-0.39, 0.29) is 0 Å². The molecule has 2 atom stereocenters. The van der Waals surface area contributed by atoms with E-state index in [1.807, 2.05) is 64.8 Å². The van der Waals surface area contributed by atoms with E-state index in [0.717, 1.165) is 13.2 Å². The first kappa shape index (κ1) is 16.4. The molecule has 0 amide bonds. The molecule has 0 spiro atoms. The SMILES string of the molecule is C(CSSCC1CO1)SSCCSSCC1CO1. The lowest BCUT2D eigenvalue weighted by Gasteiger charge is -2.01. The van der Waals surface area contributed by atoms with Gasteiger partial charge in [0, 0.05) is 34.5 Å². The molecule has 106 valence electrons. The van der Waals surface area contributed by atoms with Gasteiger partial charge in [0.2, 0.25) is 0 Å². The summed E-state index contributed by atoms with van der Waals surface area (Å²) >= 11 is 0. The summed E-state index contributed by atoms with van der Waals surface area (Å²) in [5, 5.41) is 0. The van der Waals surface area contributed by atoms with Crippen molar-refractivity contribution in [1.29, 1.82) is 0 Å². The Morgan fingerprint density at radius 1 is 0.611 bits per heavy atom. The zero-order valence-electron chi connectivity index (χ0n) is 10.1. The summed E-state index contributed by atoms with van der Waals surface area (Å²) < 4.78 is 10.3. The van der Waals surface area contributed by atoms with Crippen molar-refractivity contribution in [2.45, 2.75) is 12.2 Å². The van der Waals surface area contributed by atoms with Crippen molar-refractivity contribution in [3.05, 3.63) is 0 Å². The Morgan fingerprint density at radius 2 is 0.944 bits per heavy atom. The van der Waals surface area contributed by atoms with Crippen LogP contribution in [-0.2, 0) is 9.47 Å². The fourth-order valence-corrected chi connectivity index (χ4v) is 8.74. The van der Waals surface area contributed by atoms with E-state index in [1.165, 1.54) is 34.5 Å². The highest BCUT2D eigenvalue weighted by Crippen LogP contribution is 2.31. The van der Waals surface area contributed by atoms with Crippen molar-refractivity contribution in [3.63, 3.8) is 0 Å². The molecule has 0 aromatic rings. The maximum absolute atomic E-state index is 5.16. The monoisotopic (exact) mass is 362 g/mol. The summed E-state index contributed by atoms with van der Waals surface area (Å²) in [7, 11) is 11.9. The molecule has 0 aliphatic carbocycles. The van der Waals surface area contributed by atoms with Crippen LogP contribution >= 0.6 is 64.8 Å². The summed E-state index contributed by atoms with van der Waals surface area (Å²) in [6.07, 6.45) is 1.14. The van der Waals surface area contributed by atoms with Gasteiger partial charge in [-0.25, -0.2) is 0 Å². The molecule has 2 fully saturated rings. The van der Waals surface area contributed by atoms with Crippen LogP contribution in [0.1, 0.15) is 0 Å². The Morgan fingerprint density at radius 3 is 1.28 bits per heavy atom. The van der Waals surface area contributed by atoms with Gasteiger partial charge in [0.05, 0.1) is 25.4 Å². The number of rotatable bonds is 13. The Labute approximate surface area is 133 Å². The minimum Gasteiger partial charge on any atom is -0.372 e. The van der Waals surface area contributed by atoms with Crippen molar-refractivity contribution >= 4 is 64.8 Å². The maximum Gasteiger partial charge on any atom is 0.0908 e. The largest absolute Gasteiger partial charge is 0.372 e. The lowest BCUT2D eigenvalue weighted by atomic mass is 10.6. The Balaban J connectivity index is 1.19. The van der Waals surface area contributed by atoms with Gasteiger partial charge in [-0.15, -0.1) is 0 Å². The van der Waals surface area contributed by atoms with Gasteiger partial charge in [-0.2, -0.15) is 0 Å². The van der Waals surface area contributed by atoms with Crippen molar-refractivity contribution in [2.75, 3.05) is 47.7 Å². The lowest BCUT2D eigenvalue weighted by molar-refractivity contribution is 0.426. The third-order valence-electron chi connectivity index (χ3n) is 2.06. The van der Waals surface area contributed by atoms with Crippen molar-refractivity contribution in [3.8, 4) is 0 Å². The van der Waals surface area contributed by atoms with Crippen molar-refractivity contribution in [1.82, 2.24) is 0 Å². The van der Waals surface area contributed by atoms with E-state index < -0.39 is 0 Å². The average molecular weight is 363 g/mol. The second kappa shape index (κ2) is 10.7. The van der Waals surface area contributed by atoms with E-state index in [1.54, 1.807) is 0 Å². The molecule has 8 heteroatoms. The highest BCUT2D eigenvalue weighted by molar-refractivity contribution is 8.79. The maximum atomic E-state index is 5.16. The number of hydrogen-bond acceptors (Lipinski definition) is 8. The molecule has 0 N–H and O–H groups in total. The molecule has 2 aliphatic heterocycles. The van der Waals surface area contributed by atoms with E-state index in [4.69, 9.17) is 9.47 Å². The van der Waals surface area contributed by atoms with Crippen LogP contribution in [0.3, 0.4) is 0 Å². The predicted molar refractivity (Wildman–Crippen MR) is 94.2 cm³/mol. The Kier molecular flexibility index (Phi) is 9.75. The molecular formula is C10H18O2S6. The van der Waals surface area contributed by atoms with Gasteiger partial charge in [-0.3, -0.25) is 0 Å². The zero-order valence-corrected chi connectivity index (χ0v) is 15.0. The number of epoxide rings is 2. The molecule has 18 heavy (non-hydrogen) atoms. The highest BCUT2D eigenvalue weighted by Gasteiger charge is 2.22. The van der Waals surface area contributed by atoms with Crippen LogP contribution in [0.15, 0.2) is 0 Å². The van der Waals surface area contributed by atoms with E-state index in [0.29, 0.717) is 12.2 Å². The molecule has 0 saturated carbocycles. The van der Waals surface area contributed by atoms with Gasteiger partial charge in [0.15, 0.2) is 0 Å². The first-order valence-electron chi connectivity index (χ1n) is 5.91. The zero-order chi connectivity index (χ0) is 12.5. The first-order valence-corrected chi connectivity index (χ1v) is 13.4. The topological polar surface area (TPSA) is 25.1 Å². The smallest absolute Gasteiger partial charge is 0.0908 e. The summed E-state index contributed by atoms with van der Waals surface area (Å²) in [5.74, 6) is 7.33. The average Bonchev–Trinajstić information content (AvgIpc) is 3.25. The van der Waals surface area contributed by atoms with Crippen LogP contribution in [-0.4, -0.2) is 59.9 Å². The van der Waals surface area contributed by atoms with Crippen LogP contribution in [0.4, 0.5) is 0 Å².